The number of rotatable bonds is 13. The first kappa shape index (κ1) is 18.3. The molecule has 114 valence electrons. The minimum Gasteiger partial charge on any atom is -0.385 e. The highest BCUT2D eigenvalue weighted by Gasteiger charge is 2.24. The maximum Gasteiger partial charge on any atom is 0.237 e. The predicted molar refractivity (Wildman–Crippen MR) is 73.8 cm³/mol. The topological polar surface area (TPSA) is 96.8 Å². The van der Waals surface area contributed by atoms with Crippen molar-refractivity contribution in [2.45, 2.75) is 38.1 Å². The normalized spacial score (nSPS) is 14.3. The summed E-state index contributed by atoms with van der Waals surface area (Å²) in [6, 6.07) is 0. The van der Waals surface area contributed by atoms with Crippen LogP contribution in [0, 0.1) is 0 Å². The van der Waals surface area contributed by atoms with Gasteiger partial charge in [0.15, 0.2) is 0 Å². The monoisotopic (exact) mass is 276 g/mol. The molecule has 1 atom stereocenters. The van der Waals surface area contributed by atoms with Crippen molar-refractivity contribution in [2.75, 3.05) is 40.1 Å². The Morgan fingerprint density at radius 2 is 1.58 bits per heavy atom. The van der Waals surface area contributed by atoms with Gasteiger partial charge in [0.05, 0.1) is 18.8 Å². The molecule has 0 bridgehead atoms. The van der Waals surface area contributed by atoms with E-state index in [4.69, 9.17) is 25.7 Å². The molecule has 4 N–H and O–H groups in total. The molecular weight excluding hydrogens is 248 g/mol. The second-order valence-corrected chi connectivity index (χ2v) is 4.81. The molecule has 0 radical (unpaired) electrons. The first-order chi connectivity index (χ1) is 9.00. The Labute approximate surface area is 115 Å². The number of amides is 1. The maximum atomic E-state index is 11.0. The Balaban J connectivity index is 3.21. The van der Waals surface area contributed by atoms with E-state index in [0.29, 0.717) is 32.8 Å². The molecule has 0 saturated heterocycles. The summed E-state index contributed by atoms with van der Waals surface area (Å²) in [5, 5.41) is 0. The van der Waals surface area contributed by atoms with Crippen molar-refractivity contribution in [1.82, 2.24) is 0 Å². The Hall–Kier alpha value is -0.690. The number of nitrogens with two attached hydrogens (primary N) is 2. The van der Waals surface area contributed by atoms with Crippen LogP contribution in [0.25, 0.3) is 0 Å². The van der Waals surface area contributed by atoms with E-state index in [0.717, 1.165) is 25.9 Å². The Morgan fingerprint density at radius 1 is 1.00 bits per heavy atom. The van der Waals surface area contributed by atoms with Gasteiger partial charge in [0.1, 0.15) is 0 Å². The van der Waals surface area contributed by atoms with Crippen LogP contribution in [0.4, 0.5) is 0 Å². The first-order valence-corrected chi connectivity index (χ1v) is 6.74. The summed E-state index contributed by atoms with van der Waals surface area (Å²) >= 11 is 0. The molecule has 0 saturated carbocycles. The Morgan fingerprint density at radius 3 is 2.11 bits per heavy atom. The van der Waals surface area contributed by atoms with Crippen LogP contribution in [0.3, 0.4) is 0 Å². The quantitative estimate of drug-likeness (QED) is 0.475. The molecule has 1 unspecified atom stereocenters. The SMILES string of the molecule is COCCCOCCOCCCCC(C)(N)C(N)=O. The third-order valence-corrected chi connectivity index (χ3v) is 2.81. The van der Waals surface area contributed by atoms with Crippen LogP contribution in [0.2, 0.25) is 0 Å². The summed E-state index contributed by atoms with van der Waals surface area (Å²) in [6.45, 7) is 4.91. The lowest BCUT2D eigenvalue weighted by Crippen LogP contribution is -2.49. The van der Waals surface area contributed by atoms with Crippen LogP contribution in [0.5, 0.6) is 0 Å². The zero-order valence-electron chi connectivity index (χ0n) is 12.2. The van der Waals surface area contributed by atoms with Crippen molar-refractivity contribution >= 4 is 5.91 Å². The fraction of sp³-hybridized carbons (Fsp3) is 0.923. The largest absolute Gasteiger partial charge is 0.385 e. The molecule has 0 aliphatic carbocycles. The number of hydrogen-bond donors (Lipinski definition) is 2. The number of primary amides is 1. The molecule has 0 aliphatic rings. The minimum absolute atomic E-state index is 0.460. The van der Waals surface area contributed by atoms with Gasteiger partial charge >= 0.3 is 0 Å². The van der Waals surface area contributed by atoms with Crippen molar-refractivity contribution < 1.29 is 19.0 Å². The van der Waals surface area contributed by atoms with Gasteiger partial charge < -0.3 is 25.7 Å². The van der Waals surface area contributed by atoms with E-state index in [-0.39, 0.29) is 0 Å². The third kappa shape index (κ3) is 10.9. The second-order valence-electron chi connectivity index (χ2n) is 4.81. The number of hydrogen-bond acceptors (Lipinski definition) is 5. The number of carbonyl (C=O) groups is 1. The molecule has 0 aromatic carbocycles. The van der Waals surface area contributed by atoms with Gasteiger partial charge in [0, 0.05) is 26.9 Å². The van der Waals surface area contributed by atoms with Crippen LogP contribution >= 0.6 is 0 Å². The number of carbonyl (C=O) groups excluding carboxylic acids is 1. The molecule has 0 aliphatic heterocycles. The number of methoxy groups -OCH3 is 1. The zero-order chi connectivity index (χ0) is 14.6. The van der Waals surface area contributed by atoms with E-state index in [2.05, 4.69) is 0 Å². The Bertz CT molecular complexity index is 235. The summed E-state index contributed by atoms with van der Waals surface area (Å²) in [5.41, 5.74) is 10.0. The molecule has 6 nitrogen and oxygen atoms in total. The van der Waals surface area contributed by atoms with E-state index >= 15 is 0 Å². The van der Waals surface area contributed by atoms with Crippen LogP contribution < -0.4 is 11.5 Å². The lowest BCUT2D eigenvalue weighted by Gasteiger charge is -2.19. The van der Waals surface area contributed by atoms with Crippen molar-refractivity contribution in [3.8, 4) is 0 Å². The van der Waals surface area contributed by atoms with E-state index in [1.807, 2.05) is 0 Å². The fourth-order valence-corrected chi connectivity index (χ4v) is 1.45. The molecule has 1 amide bonds. The fourth-order valence-electron chi connectivity index (χ4n) is 1.45. The minimum atomic E-state index is -0.912. The summed E-state index contributed by atoms with van der Waals surface area (Å²) in [4.78, 5) is 11.0. The highest BCUT2D eigenvalue weighted by Crippen LogP contribution is 2.09. The number of unbranched alkanes of at least 4 members (excludes halogenated alkanes) is 1. The summed E-state index contributed by atoms with van der Waals surface area (Å²) in [5.74, 6) is -0.460. The van der Waals surface area contributed by atoms with Gasteiger partial charge in [-0.25, -0.2) is 0 Å². The molecule has 0 spiro atoms. The molecule has 19 heavy (non-hydrogen) atoms. The molecule has 6 heteroatoms. The van der Waals surface area contributed by atoms with Gasteiger partial charge in [-0.1, -0.05) is 0 Å². The molecular formula is C13H28N2O4. The standard InChI is InChI=1S/C13H28N2O4/c1-13(15,12(14)16)6-3-4-8-18-10-11-19-9-5-7-17-2/h3-11,15H2,1-2H3,(H2,14,16). The average Bonchev–Trinajstić information content (AvgIpc) is 2.35. The summed E-state index contributed by atoms with van der Waals surface area (Å²) in [6.07, 6.45) is 3.17. The van der Waals surface area contributed by atoms with E-state index in [1.165, 1.54) is 0 Å². The van der Waals surface area contributed by atoms with Gasteiger partial charge in [-0.3, -0.25) is 4.79 Å². The van der Waals surface area contributed by atoms with Crippen LogP contribution in [-0.4, -0.2) is 51.6 Å². The average molecular weight is 276 g/mol. The van der Waals surface area contributed by atoms with E-state index < -0.39 is 11.4 Å². The third-order valence-electron chi connectivity index (χ3n) is 2.81. The number of ether oxygens (including phenoxy) is 3. The highest BCUT2D eigenvalue weighted by atomic mass is 16.5. The van der Waals surface area contributed by atoms with E-state index in [1.54, 1.807) is 14.0 Å². The molecule has 0 aromatic rings. The van der Waals surface area contributed by atoms with Crippen LogP contribution in [-0.2, 0) is 19.0 Å². The summed E-state index contributed by atoms with van der Waals surface area (Å²) < 4.78 is 15.6. The van der Waals surface area contributed by atoms with Gasteiger partial charge in [-0.05, 0) is 32.6 Å². The van der Waals surface area contributed by atoms with Gasteiger partial charge in [0.25, 0.3) is 0 Å². The van der Waals surface area contributed by atoms with Crippen molar-refractivity contribution in [2.24, 2.45) is 11.5 Å². The zero-order valence-corrected chi connectivity index (χ0v) is 12.2. The van der Waals surface area contributed by atoms with Gasteiger partial charge in [-0.15, -0.1) is 0 Å². The highest BCUT2D eigenvalue weighted by molar-refractivity contribution is 5.83. The van der Waals surface area contributed by atoms with Crippen molar-refractivity contribution in [3.05, 3.63) is 0 Å². The van der Waals surface area contributed by atoms with Gasteiger partial charge in [-0.2, -0.15) is 0 Å². The maximum absolute atomic E-state index is 11.0. The van der Waals surface area contributed by atoms with E-state index in [9.17, 15) is 4.79 Å². The van der Waals surface area contributed by atoms with Crippen LogP contribution in [0.1, 0.15) is 32.6 Å². The first-order valence-electron chi connectivity index (χ1n) is 6.74. The lowest BCUT2D eigenvalue weighted by molar-refractivity contribution is -0.122. The van der Waals surface area contributed by atoms with Crippen molar-refractivity contribution in [1.29, 1.82) is 0 Å². The molecule has 0 heterocycles. The molecule has 0 aromatic heterocycles. The second kappa shape index (κ2) is 11.2. The lowest BCUT2D eigenvalue weighted by atomic mass is 9.96. The summed E-state index contributed by atoms with van der Waals surface area (Å²) in [7, 11) is 1.67. The smallest absolute Gasteiger partial charge is 0.237 e. The predicted octanol–water partition coefficient (Wildman–Crippen LogP) is 0.429. The molecule has 0 fully saturated rings. The van der Waals surface area contributed by atoms with Crippen LogP contribution in [0.15, 0.2) is 0 Å². The van der Waals surface area contributed by atoms with Crippen molar-refractivity contribution in [3.63, 3.8) is 0 Å². The Kier molecular flexibility index (Phi) is 10.8. The van der Waals surface area contributed by atoms with Gasteiger partial charge in [0.2, 0.25) is 5.91 Å². The molecule has 0 rings (SSSR count).